The number of rotatable bonds is 18. The number of amides is 2. The lowest BCUT2D eigenvalue weighted by molar-refractivity contribution is -0.128. The number of nitrogens with one attached hydrogen (secondary N) is 3. The number of aryl methyl sites for hydroxylation is 2. The minimum absolute atomic E-state index is 0.0527. The fraction of sp³-hybridized carbons (Fsp3) is 0.659. The van der Waals surface area contributed by atoms with Gasteiger partial charge in [0.25, 0.3) is 0 Å². The summed E-state index contributed by atoms with van der Waals surface area (Å²) in [5.41, 5.74) is 5.48. The van der Waals surface area contributed by atoms with Gasteiger partial charge in [-0.15, -0.1) is 0 Å². The van der Waals surface area contributed by atoms with Crippen LogP contribution in [0, 0.1) is 13.8 Å². The maximum Gasteiger partial charge on any atom is 0.242 e. The van der Waals surface area contributed by atoms with Crippen LogP contribution in [0.3, 0.4) is 0 Å². The molecule has 5 rings (SSSR count). The molecule has 3 aliphatic rings. The van der Waals surface area contributed by atoms with Crippen LogP contribution in [0.15, 0.2) is 12.1 Å². The first kappa shape index (κ1) is 38.7. The topological polar surface area (TPSA) is 132 Å². The van der Waals surface area contributed by atoms with Crippen molar-refractivity contribution in [3.63, 3.8) is 0 Å². The van der Waals surface area contributed by atoms with Gasteiger partial charge in [0.05, 0.1) is 26.3 Å². The zero-order valence-electron chi connectivity index (χ0n) is 31.8. The van der Waals surface area contributed by atoms with Crippen molar-refractivity contribution in [3.05, 3.63) is 45.5 Å². The van der Waals surface area contributed by atoms with Gasteiger partial charge in [-0.05, 0) is 62.3 Å². The smallest absolute Gasteiger partial charge is 0.242 e. The second-order valence-electron chi connectivity index (χ2n) is 15.1. The highest BCUT2D eigenvalue weighted by molar-refractivity contribution is 5.87. The summed E-state index contributed by atoms with van der Waals surface area (Å²) in [6, 6.07) is 3.06. The minimum Gasteiger partial charge on any atom is -0.504 e. The van der Waals surface area contributed by atoms with E-state index in [1.54, 1.807) is 21.1 Å². The van der Waals surface area contributed by atoms with E-state index in [0.29, 0.717) is 30.9 Å². The predicted molar refractivity (Wildman–Crippen MR) is 201 cm³/mol. The zero-order valence-corrected chi connectivity index (χ0v) is 31.8. The van der Waals surface area contributed by atoms with E-state index < -0.39 is 6.04 Å². The van der Waals surface area contributed by atoms with Crippen LogP contribution in [0.4, 0.5) is 0 Å². The van der Waals surface area contributed by atoms with Crippen LogP contribution in [0.5, 0.6) is 23.0 Å². The molecule has 1 saturated heterocycles. The van der Waals surface area contributed by atoms with E-state index >= 15 is 0 Å². The Balaban J connectivity index is 1.22. The summed E-state index contributed by atoms with van der Waals surface area (Å²) in [4.78, 5) is 28.5. The number of fused-ring (bicyclic) bond motifs is 7. The maximum atomic E-state index is 13.4. The molecule has 5 atom stereocenters. The Kier molecular flexibility index (Phi) is 13.5. The molecular weight excluding hydrogens is 644 g/mol. The first-order valence-electron chi connectivity index (χ1n) is 19.5. The summed E-state index contributed by atoms with van der Waals surface area (Å²) in [7, 11) is 3.14. The van der Waals surface area contributed by atoms with E-state index in [0.717, 1.165) is 59.1 Å². The zero-order chi connectivity index (χ0) is 36.7. The Morgan fingerprint density at radius 2 is 1.41 bits per heavy atom. The Bertz CT molecular complexity index is 1530. The standard InChI is InChI=1S/C41H62N4O6/c1-7-8-9-10-11-12-13-14-15-16-17-18-33(46)43-27(4)41(49)42-23-32-34-29(20-26(3)39(50-5)37(34)47)22-31-36-35-28(21-30(44-36)24-45(31)32)19-25(2)40(51-6)38(35)48/h19-20,27,30-32,36,44,47-48H,7-18,21-24H2,1-6H3,(H,42,49)(H,43,46)/t27-,30+,31-,32?,36+/m0/s1. The lowest BCUT2D eigenvalue weighted by atomic mass is 9.75. The summed E-state index contributed by atoms with van der Waals surface area (Å²) in [6.45, 7) is 8.80. The second-order valence-corrected chi connectivity index (χ2v) is 15.1. The summed E-state index contributed by atoms with van der Waals surface area (Å²) in [5, 5.41) is 32.8. The lowest BCUT2D eigenvalue weighted by Gasteiger charge is -2.54. The summed E-state index contributed by atoms with van der Waals surface area (Å²) >= 11 is 0. The third kappa shape index (κ3) is 8.76. The van der Waals surface area contributed by atoms with Gasteiger partial charge in [-0.2, -0.15) is 0 Å². The van der Waals surface area contributed by atoms with Gasteiger partial charge >= 0.3 is 0 Å². The molecule has 3 aliphatic heterocycles. The quantitative estimate of drug-likeness (QED) is 0.110. The maximum absolute atomic E-state index is 13.4. The molecule has 0 saturated carbocycles. The summed E-state index contributed by atoms with van der Waals surface area (Å²) in [5.74, 6) is 0.834. The number of methoxy groups -OCH3 is 2. The largest absolute Gasteiger partial charge is 0.504 e. The Morgan fingerprint density at radius 3 is 2.00 bits per heavy atom. The van der Waals surface area contributed by atoms with Crippen LogP contribution in [0.1, 0.15) is 136 Å². The minimum atomic E-state index is -0.688. The number of piperazine rings is 1. The van der Waals surface area contributed by atoms with E-state index in [1.807, 2.05) is 13.8 Å². The van der Waals surface area contributed by atoms with Gasteiger partial charge < -0.3 is 35.6 Å². The van der Waals surface area contributed by atoms with E-state index in [9.17, 15) is 19.8 Å². The Morgan fingerprint density at radius 1 is 0.863 bits per heavy atom. The molecule has 2 aromatic carbocycles. The number of hydrogen-bond donors (Lipinski definition) is 5. The van der Waals surface area contributed by atoms with Crippen molar-refractivity contribution in [1.82, 2.24) is 20.9 Å². The molecule has 0 aromatic heterocycles. The molecule has 10 heteroatoms. The third-order valence-corrected chi connectivity index (χ3v) is 11.4. The van der Waals surface area contributed by atoms with Gasteiger partial charge in [0.1, 0.15) is 6.04 Å². The molecular formula is C41H62N4O6. The molecule has 51 heavy (non-hydrogen) atoms. The van der Waals surface area contributed by atoms with Crippen LogP contribution in [-0.2, 0) is 22.4 Å². The number of carbonyl (C=O) groups is 2. The number of benzene rings is 2. The highest BCUT2D eigenvalue weighted by Gasteiger charge is 2.49. The highest BCUT2D eigenvalue weighted by atomic mass is 16.5. The van der Waals surface area contributed by atoms with Crippen LogP contribution in [0.2, 0.25) is 0 Å². The molecule has 282 valence electrons. The number of phenols is 2. The Hall–Kier alpha value is -3.50. The van der Waals surface area contributed by atoms with Crippen molar-refractivity contribution in [2.45, 2.75) is 148 Å². The number of carbonyl (C=O) groups excluding carboxylic acids is 2. The van der Waals surface area contributed by atoms with Gasteiger partial charge in [-0.25, -0.2) is 0 Å². The van der Waals surface area contributed by atoms with Gasteiger partial charge in [0.15, 0.2) is 23.0 Å². The number of phenolic OH excluding ortho intramolecular Hbond substituents is 2. The molecule has 5 N–H and O–H groups in total. The molecule has 3 heterocycles. The van der Waals surface area contributed by atoms with Crippen LogP contribution < -0.4 is 25.4 Å². The number of aromatic hydroxyl groups is 2. The molecule has 0 spiro atoms. The van der Waals surface area contributed by atoms with Crippen molar-refractivity contribution in [2.75, 3.05) is 27.3 Å². The van der Waals surface area contributed by atoms with Crippen molar-refractivity contribution in [2.24, 2.45) is 0 Å². The average molecular weight is 707 g/mol. The van der Waals surface area contributed by atoms with E-state index in [1.165, 1.54) is 51.4 Å². The highest BCUT2D eigenvalue weighted by Crippen LogP contribution is 2.51. The van der Waals surface area contributed by atoms with Crippen LogP contribution in [-0.4, -0.2) is 72.4 Å². The first-order valence-corrected chi connectivity index (χ1v) is 19.5. The normalized spacial score (nSPS) is 21.2. The van der Waals surface area contributed by atoms with Gasteiger partial charge in [-0.1, -0.05) is 83.3 Å². The Labute approximate surface area is 305 Å². The van der Waals surface area contributed by atoms with Gasteiger partial charge in [0, 0.05) is 42.7 Å². The van der Waals surface area contributed by atoms with Crippen molar-refractivity contribution >= 4 is 11.8 Å². The monoisotopic (exact) mass is 706 g/mol. The molecule has 0 aliphatic carbocycles. The number of ether oxygens (including phenoxy) is 2. The molecule has 2 aromatic rings. The third-order valence-electron chi connectivity index (χ3n) is 11.4. The second kappa shape index (κ2) is 17.8. The first-order chi connectivity index (χ1) is 24.6. The van der Waals surface area contributed by atoms with E-state index in [2.05, 4.69) is 39.9 Å². The van der Waals surface area contributed by atoms with Crippen molar-refractivity contribution in [3.8, 4) is 23.0 Å². The van der Waals surface area contributed by atoms with Crippen molar-refractivity contribution < 1.29 is 29.3 Å². The van der Waals surface area contributed by atoms with Gasteiger partial charge in [0.2, 0.25) is 11.8 Å². The molecule has 2 amide bonds. The SMILES string of the molecule is CCCCCCCCCCCCCC(=O)N[C@@H](C)C(=O)NCC1c2c(cc(C)c(OC)c2O)C[C@H]2[C@H]3N[C@H](Cc4cc(C)c(OC)c(O)c43)CN12. The average Bonchev–Trinajstić information content (AvgIpc) is 3.09. The predicted octanol–water partition coefficient (Wildman–Crippen LogP) is 6.59. The van der Waals surface area contributed by atoms with E-state index in [-0.39, 0.29) is 54.0 Å². The molecule has 1 unspecified atom stereocenters. The summed E-state index contributed by atoms with van der Waals surface area (Å²) < 4.78 is 11.2. The lowest BCUT2D eigenvalue weighted by Crippen LogP contribution is -2.64. The molecule has 2 bridgehead atoms. The molecule has 1 fully saturated rings. The number of hydrogen-bond acceptors (Lipinski definition) is 8. The van der Waals surface area contributed by atoms with Crippen LogP contribution >= 0.6 is 0 Å². The number of unbranched alkanes of at least 4 members (excludes halogenated alkanes) is 10. The molecule has 0 radical (unpaired) electrons. The number of nitrogens with zero attached hydrogens (tertiary/aromatic N) is 1. The fourth-order valence-corrected chi connectivity index (χ4v) is 8.85. The van der Waals surface area contributed by atoms with Crippen LogP contribution in [0.25, 0.3) is 0 Å². The molecule has 10 nitrogen and oxygen atoms in total. The summed E-state index contributed by atoms with van der Waals surface area (Å²) in [6.07, 6.45) is 15.2. The van der Waals surface area contributed by atoms with Gasteiger partial charge in [-0.3, -0.25) is 14.5 Å². The van der Waals surface area contributed by atoms with Crippen molar-refractivity contribution in [1.29, 1.82) is 0 Å². The fourth-order valence-electron chi connectivity index (χ4n) is 8.85. The van der Waals surface area contributed by atoms with E-state index in [4.69, 9.17) is 9.47 Å².